The van der Waals surface area contributed by atoms with Gasteiger partial charge >= 0.3 is 0 Å². The second-order valence-electron chi connectivity index (χ2n) is 5.75. The third kappa shape index (κ3) is 4.25. The molecule has 3 heteroatoms. The number of hydrogen-bond donors (Lipinski definition) is 0. The lowest BCUT2D eigenvalue weighted by Gasteiger charge is -2.31. The molecule has 108 valence electrons. The second kappa shape index (κ2) is 7.31. The van der Waals surface area contributed by atoms with E-state index in [2.05, 4.69) is 19.9 Å². The van der Waals surface area contributed by atoms with E-state index in [0.717, 1.165) is 30.4 Å². The van der Waals surface area contributed by atoms with Crippen molar-refractivity contribution in [2.24, 2.45) is 11.8 Å². The molecule has 1 fully saturated rings. The molecule has 3 nitrogen and oxygen atoms in total. The Morgan fingerprint density at radius 2 is 2.05 bits per heavy atom. The van der Waals surface area contributed by atoms with Crippen LogP contribution in [0.5, 0.6) is 5.75 Å². The Balaban J connectivity index is 1.68. The van der Waals surface area contributed by atoms with Gasteiger partial charge in [-0.2, -0.15) is 5.26 Å². The standard InChI is InChI=1S/C17H23NO2/c1-13-6-7-17(10-14(13)2)20-9-8-19-16-5-3-4-15(11-16)12-18/h3-5,11,13-14,17H,6-10H2,1-2H3. The molecule has 20 heavy (non-hydrogen) atoms. The summed E-state index contributed by atoms with van der Waals surface area (Å²) < 4.78 is 11.5. The molecule has 0 radical (unpaired) electrons. The Morgan fingerprint density at radius 3 is 2.80 bits per heavy atom. The molecular formula is C17H23NO2. The molecule has 1 saturated carbocycles. The quantitative estimate of drug-likeness (QED) is 0.767. The van der Waals surface area contributed by atoms with Gasteiger partial charge in [-0.15, -0.1) is 0 Å². The summed E-state index contributed by atoms with van der Waals surface area (Å²) >= 11 is 0. The summed E-state index contributed by atoms with van der Waals surface area (Å²) in [5.41, 5.74) is 0.624. The van der Waals surface area contributed by atoms with E-state index in [1.165, 1.54) is 6.42 Å². The van der Waals surface area contributed by atoms with Crippen molar-refractivity contribution in [3.63, 3.8) is 0 Å². The smallest absolute Gasteiger partial charge is 0.120 e. The molecule has 1 aromatic carbocycles. The monoisotopic (exact) mass is 273 g/mol. The van der Waals surface area contributed by atoms with E-state index < -0.39 is 0 Å². The average molecular weight is 273 g/mol. The van der Waals surface area contributed by atoms with E-state index in [4.69, 9.17) is 14.7 Å². The first-order valence-electron chi connectivity index (χ1n) is 7.43. The Morgan fingerprint density at radius 1 is 1.20 bits per heavy atom. The van der Waals surface area contributed by atoms with E-state index in [-0.39, 0.29) is 0 Å². The average Bonchev–Trinajstić information content (AvgIpc) is 2.47. The number of ether oxygens (including phenoxy) is 2. The van der Waals surface area contributed by atoms with E-state index in [0.29, 0.717) is 24.9 Å². The molecule has 0 spiro atoms. The van der Waals surface area contributed by atoms with Gasteiger partial charge in [0.1, 0.15) is 12.4 Å². The van der Waals surface area contributed by atoms with Crippen molar-refractivity contribution in [1.29, 1.82) is 5.26 Å². The normalized spacial score (nSPS) is 25.9. The van der Waals surface area contributed by atoms with Crippen LogP contribution in [0.1, 0.15) is 38.7 Å². The Bertz CT molecular complexity index is 466. The predicted octanol–water partition coefficient (Wildman–Crippen LogP) is 3.78. The van der Waals surface area contributed by atoms with Crippen molar-refractivity contribution in [2.45, 2.75) is 39.2 Å². The van der Waals surface area contributed by atoms with Crippen LogP contribution in [0.3, 0.4) is 0 Å². The first kappa shape index (κ1) is 14.9. The molecule has 3 unspecified atom stereocenters. The van der Waals surface area contributed by atoms with Gasteiger partial charge < -0.3 is 9.47 Å². The third-order valence-corrected chi connectivity index (χ3v) is 4.22. The fraction of sp³-hybridized carbons (Fsp3) is 0.588. The lowest BCUT2D eigenvalue weighted by molar-refractivity contribution is -0.00908. The summed E-state index contributed by atoms with van der Waals surface area (Å²) in [6.07, 6.45) is 3.97. The van der Waals surface area contributed by atoms with Crippen LogP contribution in [0.4, 0.5) is 0 Å². The van der Waals surface area contributed by atoms with E-state index in [9.17, 15) is 0 Å². The summed E-state index contributed by atoms with van der Waals surface area (Å²) in [5.74, 6) is 2.31. The summed E-state index contributed by atoms with van der Waals surface area (Å²) in [6, 6.07) is 9.33. The van der Waals surface area contributed by atoms with Crippen molar-refractivity contribution in [2.75, 3.05) is 13.2 Å². The molecule has 0 N–H and O–H groups in total. The van der Waals surface area contributed by atoms with Gasteiger partial charge in [-0.25, -0.2) is 0 Å². The zero-order chi connectivity index (χ0) is 14.4. The van der Waals surface area contributed by atoms with Gasteiger partial charge in [0.2, 0.25) is 0 Å². The topological polar surface area (TPSA) is 42.2 Å². The molecule has 1 aliphatic rings. The second-order valence-corrected chi connectivity index (χ2v) is 5.75. The van der Waals surface area contributed by atoms with Crippen molar-refractivity contribution in [3.05, 3.63) is 29.8 Å². The number of nitrogens with zero attached hydrogens (tertiary/aromatic N) is 1. The fourth-order valence-corrected chi connectivity index (χ4v) is 2.68. The predicted molar refractivity (Wildman–Crippen MR) is 78.6 cm³/mol. The summed E-state index contributed by atoms with van der Waals surface area (Å²) in [4.78, 5) is 0. The van der Waals surface area contributed by atoms with Gasteiger partial charge in [0, 0.05) is 0 Å². The van der Waals surface area contributed by atoms with Gasteiger partial charge in [0.05, 0.1) is 24.3 Å². The van der Waals surface area contributed by atoms with Crippen LogP contribution in [0.2, 0.25) is 0 Å². The van der Waals surface area contributed by atoms with Crippen LogP contribution in [0.25, 0.3) is 0 Å². The molecule has 0 amide bonds. The summed E-state index contributed by atoms with van der Waals surface area (Å²) in [7, 11) is 0. The van der Waals surface area contributed by atoms with Crippen LogP contribution < -0.4 is 4.74 Å². The molecule has 1 aromatic rings. The molecule has 0 heterocycles. The highest BCUT2D eigenvalue weighted by Crippen LogP contribution is 2.30. The minimum absolute atomic E-state index is 0.384. The third-order valence-electron chi connectivity index (χ3n) is 4.22. The number of benzene rings is 1. The highest BCUT2D eigenvalue weighted by atomic mass is 16.5. The molecule has 1 aliphatic carbocycles. The number of rotatable bonds is 5. The number of hydrogen-bond acceptors (Lipinski definition) is 3. The molecule has 0 aromatic heterocycles. The highest BCUT2D eigenvalue weighted by Gasteiger charge is 2.24. The lowest BCUT2D eigenvalue weighted by Crippen LogP contribution is -2.28. The van der Waals surface area contributed by atoms with Crippen molar-refractivity contribution in [3.8, 4) is 11.8 Å². The van der Waals surface area contributed by atoms with Crippen molar-refractivity contribution in [1.82, 2.24) is 0 Å². The van der Waals surface area contributed by atoms with Crippen LogP contribution in [-0.2, 0) is 4.74 Å². The maximum atomic E-state index is 8.82. The first-order valence-corrected chi connectivity index (χ1v) is 7.43. The van der Waals surface area contributed by atoms with Gasteiger partial charge in [0.15, 0.2) is 0 Å². The van der Waals surface area contributed by atoms with Crippen LogP contribution in [0, 0.1) is 23.2 Å². The molecule has 0 bridgehead atoms. The largest absolute Gasteiger partial charge is 0.491 e. The Hall–Kier alpha value is -1.53. The van der Waals surface area contributed by atoms with Crippen LogP contribution in [-0.4, -0.2) is 19.3 Å². The lowest BCUT2D eigenvalue weighted by atomic mass is 9.80. The van der Waals surface area contributed by atoms with Gasteiger partial charge in [-0.1, -0.05) is 19.9 Å². The zero-order valence-corrected chi connectivity index (χ0v) is 12.3. The molecule has 0 saturated heterocycles. The maximum Gasteiger partial charge on any atom is 0.120 e. The number of nitriles is 1. The Kier molecular flexibility index (Phi) is 5.43. The minimum atomic E-state index is 0.384. The first-order chi connectivity index (χ1) is 9.69. The minimum Gasteiger partial charge on any atom is -0.491 e. The van der Waals surface area contributed by atoms with Gasteiger partial charge in [0.25, 0.3) is 0 Å². The zero-order valence-electron chi connectivity index (χ0n) is 12.3. The SMILES string of the molecule is CC1CCC(OCCOc2cccc(C#N)c2)CC1C. The van der Waals surface area contributed by atoms with Crippen LogP contribution in [0.15, 0.2) is 24.3 Å². The molecular weight excluding hydrogens is 250 g/mol. The highest BCUT2D eigenvalue weighted by molar-refractivity contribution is 5.36. The van der Waals surface area contributed by atoms with E-state index in [1.54, 1.807) is 12.1 Å². The van der Waals surface area contributed by atoms with E-state index in [1.807, 2.05) is 12.1 Å². The molecule has 2 rings (SSSR count). The maximum absolute atomic E-state index is 8.82. The summed E-state index contributed by atoms with van der Waals surface area (Å²) in [5, 5.41) is 8.82. The Labute approximate surface area is 121 Å². The fourth-order valence-electron chi connectivity index (χ4n) is 2.68. The van der Waals surface area contributed by atoms with Gasteiger partial charge in [-0.3, -0.25) is 0 Å². The van der Waals surface area contributed by atoms with E-state index >= 15 is 0 Å². The van der Waals surface area contributed by atoms with Crippen molar-refractivity contribution >= 4 is 0 Å². The molecule has 3 atom stereocenters. The van der Waals surface area contributed by atoms with Crippen LogP contribution >= 0.6 is 0 Å². The molecule has 0 aliphatic heterocycles. The summed E-state index contributed by atoms with van der Waals surface area (Å²) in [6.45, 7) is 5.79. The van der Waals surface area contributed by atoms with Gasteiger partial charge in [-0.05, 0) is 49.3 Å². The van der Waals surface area contributed by atoms with Crippen molar-refractivity contribution < 1.29 is 9.47 Å².